The molecular formula is C26H22F2N4O4. The highest BCUT2D eigenvalue weighted by Gasteiger charge is 2.52. The molecule has 8 nitrogen and oxygen atoms in total. The summed E-state index contributed by atoms with van der Waals surface area (Å²) in [6, 6.07) is 13.5. The number of carbonyl (C=O) groups excluding carboxylic acids is 2. The summed E-state index contributed by atoms with van der Waals surface area (Å²) in [5.41, 5.74) is 5.42. The third-order valence-corrected chi connectivity index (χ3v) is 6.49. The molecule has 4 N–H and O–H groups in total. The van der Waals surface area contributed by atoms with Crippen molar-refractivity contribution in [3.63, 3.8) is 0 Å². The summed E-state index contributed by atoms with van der Waals surface area (Å²) in [4.78, 5) is 30.5. The van der Waals surface area contributed by atoms with Crippen LogP contribution >= 0.6 is 0 Å². The Balaban J connectivity index is 1.50. The lowest BCUT2D eigenvalue weighted by molar-refractivity contribution is -0.128. The van der Waals surface area contributed by atoms with Gasteiger partial charge in [0.05, 0.1) is 17.4 Å². The second-order valence-electron chi connectivity index (χ2n) is 8.60. The number of hydrogen-bond acceptors (Lipinski definition) is 5. The van der Waals surface area contributed by atoms with E-state index in [0.29, 0.717) is 16.8 Å². The molecule has 2 aromatic heterocycles. The van der Waals surface area contributed by atoms with Gasteiger partial charge in [-0.05, 0) is 42.3 Å². The molecule has 184 valence electrons. The molecule has 2 heterocycles. The molecule has 2 aromatic carbocycles. The number of imidazole rings is 1. The van der Waals surface area contributed by atoms with Crippen LogP contribution in [0.5, 0.6) is 5.75 Å². The largest absolute Gasteiger partial charge is 0.485 e. The van der Waals surface area contributed by atoms with Crippen molar-refractivity contribution in [2.24, 2.45) is 5.73 Å². The van der Waals surface area contributed by atoms with Crippen LogP contribution in [0.15, 0.2) is 60.8 Å². The van der Waals surface area contributed by atoms with Gasteiger partial charge in [-0.1, -0.05) is 30.3 Å². The Kier molecular flexibility index (Phi) is 5.68. The van der Waals surface area contributed by atoms with Gasteiger partial charge >= 0.3 is 0 Å². The van der Waals surface area contributed by atoms with Crippen molar-refractivity contribution in [2.45, 2.75) is 31.6 Å². The average Bonchev–Trinajstić information content (AvgIpc) is 3.33. The van der Waals surface area contributed by atoms with Crippen molar-refractivity contribution < 1.29 is 28.2 Å². The number of aliphatic hydroxyl groups excluding tert-OH is 1. The minimum Gasteiger partial charge on any atom is -0.485 e. The summed E-state index contributed by atoms with van der Waals surface area (Å²) in [6.45, 7) is 1.21. The van der Waals surface area contributed by atoms with E-state index in [0.717, 1.165) is 12.1 Å². The first-order valence-corrected chi connectivity index (χ1v) is 11.2. The van der Waals surface area contributed by atoms with Crippen LogP contribution in [-0.2, 0) is 23.4 Å². The molecule has 0 bridgehead atoms. The zero-order chi connectivity index (χ0) is 25.6. The van der Waals surface area contributed by atoms with Crippen molar-refractivity contribution in [1.29, 1.82) is 0 Å². The van der Waals surface area contributed by atoms with E-state index in [4.69, 9.17) is 10.5 Å². The molecule has 0 radical (unpaired) electrons. The van der Waals surface area contributed by atoms with E-state index < -0.39 is 35.1 Å². The lowest BCUT2D eigenvalue weighted by Crippen LogP contribution is -2.60. The average molecular weight is 492 g/mol. The Morgan fingerprint density at radius 3 is 2.61 bits per heavy atom. The molecular weight excluding hydrogens is 470 g/mol. The van der Waals surface area contributed by atoms with Gasteiger partial charge in [0.25, 0.3) is 11.8 Å². The Hall–Kier alpha value is -4.31. The van der Waals surface area contributed by atoms with Crippen LogP contribution in [0.25, 0.3) is 5.65 Å². The first-order valence-electron chi connectivity index (χ1n) is 11.2. The number of pyridine rings is 1. The Labute approximate surface area is 204 Å². The Bertz CT molecular complexity index is 1500. The molecule has 1 aliphatic carbocycles. The lowest BCUT2D eigenvalue weighted by atomic mass is 9.88. The van der Waals surface area contributed by atoms with E-state index in [1.165, 1.54) is 10.5 Å². The van der Waals surface area contributed by atoms with Crippen molar-refractivity contribution >= 4 is 17.5 Å². The normalized spacial score (nSPS) is 18.7. The standard InChI is InChI=1S/C26H22F2N4O4/c1-14-22(24(34)31-26(25(29)35)17-7-3-2-6-15(17)12-21(26)33)32-11-5-10-20(23(32)30-14)36-13-16-18(27)8-4-9-19(16)28/h2-11,21,33H,12-13H2,1H3,(H2,29,35)(H,31,34)/t21-,26-/m1/s1. The monoisotopic (exact) mass is 492 g/mol. The fraction of sp³-hybridized carbons (Fsp3) is 0.192. The predicted molar refractivity (Wildman–Crippen MR) is 125 cm³/mol. The van der Waals surface area contributed by atoms with Crippen molar-refractivity contribution in [2.75, 3.05) is 0 Å². The molecule has 4 aromatic rings. The molecule has 10 heteroatoms. The second kappa shape index (κ2) is 8.72. The Morgan fingerprint density at radius 1 is 1.17 bits per heavy atom. The number of aromatic nitrogens is 2. The number of primary amides is 1. The van der Waals surface area contributed by atoms with E-state index in [2.05, 4.69) is 10.3 Å². The molecule has 0 aliphatic heterocycles. The maximum atomic E-state index is 14.0. The molecule has 5 rings (SSSR count). The van der Waals surface area contributed by atoms with Gasteiger partial charge in [0.15, 0.2) is 16.9 Å². The fourth-order valence-electron chi connectivity index (χ4n) is 4.73. The number of hydrogen-bond donors (Lipinski definition) is 3. The minimum atomic E-state index is -1.82. The smallest absolute Gasteiger partial charge is 0.271 e. The number of nitrogens with two attached hydrogens (primary N) is 1. The second-order valence-corrected chi connectivity index (χ2v) is 8.60. The van der Waals surface area contributed by atoms with E-state index in [1.54, 1.807) is 49.5 Å². The molecule has 2 atom stereocenters. The summed E-state index contributed by atoms with van der Waals surface area (Å²) < 4.78 is 35.1. The SMILES string of the molecule is Cc1nc2c(OCc3c(F)cccc3F)cccn2c1C(=O)N[C@]1(C(N)=O)c2ccccc2C[C@H]1O. The van der Waals surface area contributed by atoms with Gasteiger partial charge < -0.3 is 20.9 Å². The zero-order valence-corrected chi connectivity index (χ0v) is 19.2. The third kappa shape index (κ3) is 3.57. The number of halogens is 2. The number of nitrogens with one attached hydrogen (secondary N) is 1. The quantitative estimate of drug-likeness (QED) is 0.382. The van der Waals surface area contributed by atoms with Crippen LogP contribution in [0.1, 0.15) is 32.9 Å². The first kappa shape index (κ1) is 23.4. The summed E-state index contributed by atoms with van der Waals surface area (Å²) in [7, 11) is 0. The van der Waals surface area contributed by atoms with Crippen LogP contribution < -0.4 is 15.8 Å². The summed E-state index contributed by atoms with van der Waals surface area (Å²) in [5.74, 6) is -2.87. The number of amides is 2. The fourth-order valence-corrected chi connectivity index (χ4v) is 4.73. The van der Waals surface area contributed by atoms with Crippen molar-refractivity contribution in [3.8, 4) is 5.75 Å². The highest BCUT2D eigenvalue weighted by Crippen LogP contribution is 2.37. The van der Waals surface area contributed by atoms with Gasteiger partial charge in [0, 0.05) is 12.6 Å². The van der Waals surface area contributed by atoms with Crippen LogP contribution in [0.4, 0.5) is 8.78 Å². The zero-order valence-electron chi connectivity index (χ0n) is 19.2. The number of aliphatic hydroxyl groups is 1. The number of fused-ring (bicyclic) bond motifs is 2. The number of rotatable bonds is 6. The molecule has 0 saturated carbocycles. The van der Waals surface area contributed by atoms with Crippen LogP contribution in [0.3, 0.4) is 0 Å². The van der Waals surface area contributed by atoms with E-state index >= 15 is 0 Å². The maximum Gasteiger partial charge on any atom is 0.271 e. The van der Waals surface area contributed by atoms with Crippen molar-refractivity contribution in [3.05, 3.63) is 101 Å². The summed E-state index contributed by atoms with van der Waals surface area (Å²) in [6.07, 6.45) is 0.456. The van der Waals surface area contributed by atoms with Crippen LogP contribution in [-0.4, -0.2) is 32.4 Å². The van der Waals surface area contributed by atoms with Crippen LogP contribution in [0, 0.1) is 18.6 Å². The molecule has 0 saturated heterocycles. The first-order chi connectivity index (χ1) is 17.2. The third-order valence-electron chi connectivity index (χ3n) is 6.49. The molecule has 0 fully saturated rings. The number of ether oxygens (including phenoxy) is 1. The Morgan fingerprint density at radius 2 is 1.89 bits per heavy atom. The number of carbonyl (C=O) groups is 2. The molecule has 1 aliphatic rings. The van der Waals surface area contributed by atoms with Gasteiger partial charge in [-0.3, -0.25) is 14.0 Å². The van der Waals surface area contributed by atoms with Gasteiger partial charge in [0.1, 0.15) is 23.9 Å². The van der Waals surface area contributed by atoms with E-state index in [1.807, 2.05) is 0 Å². The van der Waals surface area contributed by atoms with E-state index in [-0.39, 0.29) is 35.7 Å². The van der Waals surface area contributed by atoms with Gasteiger partial charge in [-0.25, -0.2) is 13.8 Å². The van der Waals surface area contributed by atoms with Crippen LogP contribution in [0.2, 0.25) is 0 Å². The number of nitrogens with zero attached hydrogens (tertiary/aromatic N) is 2. The number of benzene rings is 2. The topological polar surface area (TPSA) is 119 Å². The lowest BCUT2D eigenvalue weighted by Gasteiger charge is -2.31. The molecule has 0 spiro atoms. The number of aryl methyl sites for hydroxylation is 1. The highest BCUT2D eigenvalue weighted by molar-refractivity contribution is 6.00. The van der Waals surface area contributed by atoms with Gasteiger partial charge in [0.2, 0.25) is 0 Å². The molecule has 36 heavy (non-hydrogen) atoms. The maximum absolute atomic E-state index is 14.0. The minimum absolute atomic E-state index is 0.0877. The molecule has 2 amide bonds. The van der Waals surface area contributed by atoms with Gasteiger partial charge in [-0.15, -0.1) is 0 Å². The highest BCUT2D eigenvalue weighted by atomic mass is 19.1. The van der Waals surface area contributed by atoms with Gasteiger partial charge in [-0.2, -0.15) is 0 Å². The predicted octanol–water partition coefficient (Wildman–Crippen LogP) is 2.53. The summed E-state index contributed by atoms with van der Waals surface area (Å²) in [5, 5.41) is 13.5. The van der Waals surface area contributed by atoms with Crippen molar-refractivity contribution in [1.82, 2.24) is 14.7 Å². The summed E-state index contributed by atoms with van der Waals surface area (Å²) >= 11 is 0. The molecule has 0 unspecified atom stereocenters. The van der Waals surface area contributed by atoms with E-state index in [9.17, 15) is 23.5 Å².